The fraction of sp³-hybridized carbons (Fsp3) is 0.231. The van der Waals surface area contributed by atoms with Crippen LogP contribution in [0.25, 0.3) is 11.0 Å². The topological polar surface area (TPSA) is 98.9 Å². The molecule has 0 bridgehead atoms. The zero-order valence-corrected chi connectivity index (χ0v) is 20.6. The van der Waals surface area contributed by atoms with Crippen LogP contribution in [0.15, 0.2) is 45.6 Å². The highest BCUT2D eigenvalue weighted by molar-refractivity contribution is 7.17. The molecule has 1 amide bonds. The van der Waals surface area contributed by atoms with Crippen molar-refractivity contribution in [3.05, 3.63) is 85.2 Å². The number of hydrogen-bond donors (Lipinski definition) is 0. The third-order valence-corrected chi connectivity index (χ3v) is 7.39. The number of anilines is 1. The number of carbonyl (C=O) groups is 2. The monoisotopic (exact) mass is 490 g/mol. The predicted molar refractivity (Wildman–Crippen MR) is 132 cm³/mol. The minimum absolute atomic E-state index is 0.0361. The molecule has 35 heavy (non-hydrogen) atoms. The van der Waals surface area contributed by atoms with Gasteiger partial charge in [0.1, 0.15) is 16.2 Å². The second-order valence-corrected chi connectivity index (χ2v) is 9.34. The Balaban J connectivity index is 1.80. The third kappa shape index (κ3) is 3.50. The number of thiazole rings is 1. The first-order valence-electron chi connectivity index (χ1n) is 10.9. The van der Waals surface area contributed by atoms with E-state index in [4.69, 9.17) is 13.9 Å². The maximum atomic E-state index is 13.8. The molecule has 0 aliphatic carbocycles. The summed E-state index contributed by atoms with van der Waals surface area (Å²) >= 11 is 1.03. The zero-order valence-electron chi connectivity index (χ0n) is 19.8. The number of methoxy groups -OCH3 is 2. The molecule has 1 aliphatic heterocycles. The lowest BCUT2D eigenvalue weighted by Gasteiger charge is -2.22. The second kappa shape index (κ2) is 8.35. The molecular weight excluding hydrogens is 468 g/mol. The molecule has 8 nitrogen and oxygen atoms in total. The van der Waals surface area contributed by atoms with Crippen molar-refractivity contribution in [2.75, 3.05) is 19.1 Å². The quantitative estimate of drug-likeness (QED) is 0.382. The molecule has 9 heteroatoms. The molecular formula is C26H22N2O6S. The molecule has 3 heterocycles. The Morgan fingerprint density at radius 2 is 1.83 bits per heavy atom. The van der Waals surface area contributed by atoms with E-state index < -0.39 is 17.9 Å². The molecule has 0 spiro atoms. The van der Waals surface area contributed by atoms with E-state index in [0.29, 0.717) is 28.0 Å². The van der Waals surface area contributed by atoms with Crippen molar-refractivity contribution in [2.24, 2.45) is 0 Å². The van der Waals surface area contributed by atoms with Crippen LogP contribution in [0.2, 0.25) is 0 Å². The Labute approximate surface area is 204 Å². The largest absolute Gasteiger partial charge is 0.497 e. The number of hydrogen-bond acceptors (Lipinski definition) is 8. The summed E-state index contributed by atoms with van der Waals surface area (Å²) in [5.74, 6) is -0.508. The number of aromatic nitrogens is 1. The van der Waals surface area contributed by atoms with Crippen LogP contribution in [0.3, 0.4) is 0 Å². The average Bonchev–Trinajstić information content (AvgIpc) is 3.37. The molecule has 0 fully saturated rings. The van der Waals surface area contributed by atoms with Gasteiger partial charge < -0.3 is 13.9 Å². The molecule has 0 N–H and O–H groups in total. The van der Waals surface area contributed by atoms with Crippen LogP contribution in [0, 0.1) is 20.8 Å². The summed E-state index contributed by atoms with van der Waals surface area (Å²) < 4.78 is 16.3. The fourth-order valence-corrected chi connectivity index (χ4v) is 5.33. The summed E-state index contributed by atoms with van der Waals surface area (Å²) in [5.41, 5.74) is 3.27. The number of rotatable bonds is 4. The van der Waals surface area contributed by atoms with Crippen molar-refractivity contribution < 1.29 is 23.5 Å². The van der Waals surface area contributed by atoms with Crippen molar-refractivity contribution in [1.82, 2.24) is 4.98 Å². The molecule has 178 valence electrons. The lowest BCUT2D eigenvalue weighted by Crippen LogP contribution is -2.29. The van der Waals surface area contributed by atoms with Gasteiger partial charge in [0.05, 0.1) is 36.9 Å². The summed E-state index contributed by atoms with van der Waals surface area (Å²) in [5, 5.41) is 0.669. The highest BCUT2D eigenvalue weighted by Gasteiger charge is 2.45. The zero-order chi connectivity index (χ0) is 25.0. The first-order valence-corrected chi connectivity index (χ1v) is 11.7. The number of carbonyl (C=O) groups excluding carboxylic acids is 2. The molecule has 2 aromatic heterocycles. The van der Waals surface area contributed by atoms with E-state index in [1.807, 2.05) is 19.9 Å². The molecule has 1 atom stereocenters. The summed E-state index contributed by atoms with van der Waals surface area (Å²) in [6, 6.07) is 9.90. The highest BCUT2D eigenvalue weighted by Crippen LogP contribution is 2.43. The van der Waals surface area contributed by atoms with Crippen LogP contribution in [0.5, 0.6) is 5.75 Å². The van der Waals surface area contributed by atoms with E-state index in [2.05, 4.69) is 4.98 Å². The van der Waals surface area contributed by atoms with Crippen LogP contribution >= 0.6 is 11.3 Å². The fourth-order valence-electron chi connectivity index (χ4n) is 4.32. The van der Waals surface area contributed by atoms with Gasteiger partial charge in [0.2, 0.25) is 5.76 Å². The average molecular weight is 491 g/mol. The van der Waals surface area contributed by atoms with Gasteiger partial charge in [0, 0.05) is 0 Å². The van der Waals surface area contributed by atoms with Gasteiger partial charge in [0.15, 0.2) is 10.6 Å². The third-order valence-electron chi connectivity index (χ3n) is 6.26. The van der Waals surface area contributed by atoms with E-state index in [9.17, 15) is 14.4 Å². The minimum Gasteiger partial charge on any atom is -0.497 e. The number of esters is 1. The van der Waals surface area contributed by atoms with Gasteiger partial charge in [-0.2, -0.15) is 0 Å². The summed E-state index contributed by atoms with van der Waals surface area (Å²) in [6.45, 7) is 5.51. The van der Waals surface area contributed by atoms with Crippen LogP contribution in [0.1, 0.15) is 54.2 Å². The van der Waals surface area contributed by atoms with Crippen LogP contribution < -0.4 is 15.1 Å². The number of amides is 1. The first kappa shape index (κ1) is 22.8. The first-order chi connectivity index (χ1) is 16.7. The Morgan fingerprint density at radius 1 is 1.09 bits per heavy atom. The van der Waals surface area contributed by atoms with Crippen molar-refractivity contribution in [3.63, 3.8) is 0 Å². The highest BCUT2D eigenvalue weighted by atomic mass is 32.1. The van der Waals surface area contributed by atoms with Gasteiger partial charge >= 0.3 is 5.97 Å². The van der Waals surface area contributed by atoms with E-state index in [-0.39, 0.29) is 26.8 Å². The molecule has 4 aromatic rings. The maximum absolute atomic E-state index is 13.8. The molecule has 1 aliphatic rings. The van der Waals surface area contributed by atoms with Crippen LogP contribution in [-0.2, 0) is 4.74 Å². The number of benzene rings is 2. The number of ether oxygens (including phenoxy) is 2. The van der Waals surface area contributed by atoms with Gasteiger partial charge in [-0.3, -0.25) is 14.5 Å². The van der Waals surface area contributed by atoms with Crippen LogP contribution in [0.4, 0.5) is 5.13 Å². The van der Waals surface area contributed by atoms with Gasteiger partial charge in [-0.25, -0.2) is 9.78 Å². The Kier molecular flexibility index (Phi) is 5.44. The van der Waals surface area contributed by atoms with Crippen LogP contribution in [-0.4, -0.2) is 31.1 Å². The molecule has 5 rings (SSSR count). The Hall–Kier alpha value is -3.98. The number of fused-ring (bicyclic) bond motifs is 2. The van der Waals surface area contributed by atoms with Crippen molar-refractivity contribution in [3.8, 4) is 5.75 Å². The predicted octanol–water partition coefficient (Wildman–Crippen LogP) is 4.72. The van der Waals surface area contributed by atoms with E-state index in [1.54, 1.807) is 44.4 Å². The van der Waals surface area contributed by atoms with Gasteiger partial charge in [0.25, 0.3) is 5.91 Å². The van der Waals surface area contributed by atoms with Gasteiger partial charge in [-0.1, -0.05) is 23.5 Å². The maximum Gasteiger partial charge on any atom is 0.350 e. The molecule has 0 saturated carbocycles. The van der Waals surface area contributed by atoms with Gasteiger partial charge in [-0.15, -0.1) is 0 Å². The summed E-state index contributed by atoms with van der Waals surface area (Å²) in [7, 11) is 2.83. The molecule has 1 unspecified atom stereocenters. The number of aryl methyl sites for hydroxylation is 3. The second-order valence-electron chi connectivity index (χ2n) is 8.36. The SMILES string of the molecule is COC(=O)c1sc(N2C(=O)c3oc4cc(C)c(C)cc4c(=O)c3C2c2cccc(OC)c2)nc1C. The van der Waals surface area contributed by atoms with E-state index in [0.717, 1.165) is 22.5 Å². The molecule has 0 radical (unpaired) electrons. The van der Waals surface area contributed by atoms with E-state index >= 15 is 0 Å². The standard InChI is InChI=1S/C26H22N2O6S/c1-12-9-17-18(10-13(12)2)34-22-19(21(17)29)20(15-7-6-8-16(11-15)32-4)28(24(22)30)26-27-14(3)23(35-26)25(31)33-5/h6-11,20H,1-5H3. The summed E-state index contributed by atoms with van der Waals surface area (Å²) in [4.78, 5) is 46.0. The number of nitrogens with zero attached hydrogens (tertiary/aromatic N) is 2. The lowest BCUT2D eigenvalue weighted by molar-refractivity contribution is 0.0605. The normalized spacial score (nSPS) is 14.9. The van der Waals surface area contributed by atoms with Gasteiger partial charge in [-0.05, 0) is 61.7 Å². The summed E-state index contributed by atoms with van der Waals surface area (Å²) in [6.07, 6.45) is 0. The van der Waals surface area contributed by atoms with E-state index in [1.165, 1.54) is 12.0 Å². The smallest absolute Gasteiger partial charge is 0.350 e. The lowest BCUT2D eigenvalue weighted by atomic mass is 9.97. The van der Waals surface area contributed by atoms with Crippen molar-refractivity contribution >= 4 is 39.3 Å². The molecule has 0 saturated heterocycles. The Morgan fingerprint density at radius 3 is 2.54 bits per heavy atom. The van der Waals surface area contributed by atoms with Crippen molar-refractivity contribution in [1.29, 1.82) is 0 Å². The molecule has 2 aromatic carbocycles. The van der Waals surface area contributed by atoms with Crippen molar-refractivity contribution in [2.45, 2.75) is 26.8 Å². The Bertz CT molecular complexity index is 1580. The minimum atomic E-state index is -0.814.